The van der Waals surface area contributed by atoms with Crippen LogP contribution >= 0.6 is 24.0 Å². The average Bonchev–Trinajstić information content (AvgIpc) is 3.25. The molecule has 1 aromatic heterocycles. The molecule has 0 saturated carbocycles. The maximum Gasteiger partial charge on any atom is 0.253 e. The van der Waals surface area contributed by atoms with E-state index in [1.165, 1.54) is 0 Å². The maximum atomic E-state index is 12.0. The molecule has 3 aromatic rings. The molecule has 2 aromatic carbocycles. The van der Waals surface area contributed by atoms with E-state index in [0.717, 1.165) is 23.6 Å². The molecule has 0 aliphatic rings. The molecule has 1 heterocycles. The van der Waals surface area contributed by atoms with E-state index in [1.54, 1.807) is 25.3 Å². The first-order valence-electron chi connectivity index (χ1n) is 9.85. The summed E-state index contributed by atoms with van der Waals surface area (Å²) in [5.41, 5.74) is 2.70. The molecule has 0 fully saturated rings. The fraction of sp³-hybridized carbons (Fsp3) is 0.273. The van der Waals surface area contributed by atoms with Crippen LogP contribution in [0.1, 0.15) is 28.7 Å². The van der Waals surface area contributed by atoms with Gasteiger partial charge in [-0.15, -0.1) is 34.2 Å². The van der Waals surface area contributed by atoms with Crippen LogP contribution in [0.15, 0.2) is 65.9 Å². The number of carbonyl (C=O) groups excluding carboxylic acids is 1. The fourth-order valence-electron chi connectivity index (χ4n) is 2.87. The summed E-state index contributed by atoms with van der Waals surface area (Å²) in [6.07, 6.45) is 1.70. The number of hydrogen-bond donors (Lipinski definition) is 2. The third kappa shape index (κ3) is 6.78. The van der Waals surface area contributed by atoms with Crippen molar-refractivity contribution in [1.82, 2.24) is 30.3 Å². The molecule has 0 atom stereocenters. The molecule has 0 aliphatic carbocycles. The summed E-state index contributed by atoms with van der Waals surface area (Å²) in [5, 5.41) is 14.8. The molecule has 0 radical (unpaired) electrons. The van der Waals surface area contributed by atoms with Gasteiger partial charge in [0.1, 0.15) is 6.33 Å². The molecule has 8 nitrogen and oxygen atoms in total. The smallest absolute Gasteiger partial charge is 0.253 e. The van der Waals surface area contributed by atoms with Crippen molar-refractivity contribution in [2.24, 2.45) is 4.99 Å². The van der Waals surface area contributed by atoms with Gasteiger partial charge in [0.05, 0.1) is 13.1 Å². The molecule has 9 heteroatoms. The molecule has 1 amide bonds. The lowest BCUT2D eigenvalue weighted by Crippen LogP contribution is -2.37. The van der Waals surface area contributed by atoms with Gasteiger partial charge in [-0.2, -0.15) is 0 Å². The Hall–Kier alpha value is -2.95. The standard InChI is InChI=1S/C22H27N7O.HI/c1-4-23-22(24-14-17-10-12-18(13-11-17)21(30)28(2)3)25-15-20-27-26-16-29(20)19-8-6-5-7-9-19;/h5-13,16H,4,14-15H2,1-3H3,(H2,23,24,25);1H. The first-order valence-corrected chi connectivity index (χ1v) is 9.85. The maximum absolute atomic E-state index is 12.0. The van der Waals surface area contributed by atoms with Crippen LogP contribution in [0, 0.1) is 0 Å². The molecule has 0 unspecified atom stereocenters. The van der Waals surface area contributed by atoms with Crippen LogP contribution in [-0.2, 0) is 13.1 Å². The van der Waals surface area contributed by atoms with Gasteiger partial charge >= 0.3 is 0 Å². The second-order valence-corrected chi connectivity index (χ2v) is 6.90. The molecule has 3 rings (SSSR count). The Morgan fingerprint density at radius 1 is 1.06 bits per heavy atom. The number of hydrogen-bond acceptors (Lipinski definition) is 4. The quantitative estimate of drug-likeness (QED) is 0.277. The lowest BCUT2D eigenvalue weighted by molar-refractivity contribution is 0.0827. The highest BCUT2D eigenvalue weighted by molar-refractivity contribution is 14.0. The van der Waals surface area contributed by atoms with Crippen LogP contribution in [0.2, 0.25) is 0 Å². The van der Waals surface area contributed by atoms with Crippen LogP contribution in [0.25, 0.3) is 5.69 Å². The van der Waals surface area contributed by atoms with Crippen molar-refractivity contribution in [3.8, 4) is 5.69 Å². The molecular weight excluding hydrogens is 505 g/mol. The van der Waals surface area contributed by atoms with Gasteiger partial charge in [0.25, 0.3) is 5.91 Å². The minimum Gasteiger partial charge on any atom is -0.357 e. The Labute approximate surface area is 199 Å². The molecular formula is C22H28IN7O. The van der Waals surface area contributed by atoms with Gasteiger partial charge in [0.2, 0.25) is 0 Å². The van der Waals surface area contributed by atoms with Crippen LogP contribution in [-0.4, -0.2) is 52.2 Å². The number of aliphatic imine (C=N–C) groups is 1. The number of amides is 1. The van der Waals surface area contributed by atoms with Crippen molar-refractivity contribution in [2.75, 3.05) is 20.6 Å². The molecule has 0 spiro atoms. The second kappa shape index (κ2) is 12.0. The summed E-state index contributed by atoms with van der Waals surface area (Å²) in [5.74, 6) is 1.47. The first-order chi connectivity index (χ1) is 14.6. The topological polar surface area (TPSA) is 87.4 Å². The number of rotatable bonds is 7. The highest BCUT2D eigenvalue weighted by atomic mass is 127. The van der Waals surface area contributed by atoms with Crippen molar-refractivity contribution in [2.45, 2.75) is 20.0 Å². The zero-order chi connectivity index (χ0) is 21.3. The second-order valence-electron chi connectivity index (χ2n) is 6.90. The van der Waals surface area contributed by atoms with Gasteiger partial charge in [-0.25, -0.2) is 4.99 Å². The third-order valence-corrected chi connectivity index (χ3v) is 4.44. The van der Waals surface area contributed by atoms with E-state index < -0.39 is 0 Å². The number of carbonyl (C=O) groups is 1. The fourth-order valence-corrected chi connectivity index (χ4v) is 2.87. The van der Waals surface area contributed by atoms with Crippen LogP contribution < -0.4 is 10.6 Å². The number of guanidine groups is 1. The highest BCUT2D eigenvalue weighted by Crippen LogP contribution is 2.09. The van der Waals surface area contributed by atoms with Crippen molar-refractivity contribution in [1.29, 1.82) is 0 Å². The molecule has 164 valence electrons. The zero-order valence-corrected chi connectivity index (χ0v) is 20.3. The largest absolute Gasteiger partial charge is 0.357 e. The number of nitrogens with one attached hydrogen (secondary N) is 2. The van der Waals surface area contributed by atoms with Crippen LogP contribution in [0.4, 0.5) is 0 Å². The van der Waals surface area contributed by atoms with Gasteiger partial charge in [-0.1, -0.05) is 30.3 Å². The molecule has 31 heavy (non-hydrogen) atoms. The minimum atomic E-state index is -0.0115. The molecule has 2 N–H and O–H groups in total. The third-order valence-electron chi connectivity index (χ3n) is 4.44. The predicted molar refractivity (Wildman–Crippen MR) is 133 cm³/mol. The lowest BCUT2D eigenvalue weighted by Gasteiger charge is -2.12. The summed E-state index contributed by atoms with van der Waals surface area (Å²) in [7, 11) is 3.49. The van der Waals surface area contributed by atoms with E-state index in [4.69, 9.17) is 0 Å². The van der Waals surface area contributed by atoms with Crippen LogP contribution in [0.5, 0.6) is 0 Å². The summed E-state index contributed by atoms with van der Waals surface area (Å²) < 4.78 is 1.94. The van der Waals surface area contributed by atoms with Crippen molar-refractivity contribution in [3.05, 3.63) is 77.9 Å². The van der Waals surface area contributed by atoms with Gasteiger partial charge in [-0.3, -0.25) is 9.36 Å². The van der Waals surface area contributed by atoms with Gasteiger partial charge in [-0.05, 0) is 36.8 Å². The van der Waals surface area contributed by atoms with E-state index in [1.807, 2.05) is 66.1 Å². The normalized spacial score (nSPS) is 10.9. The summed E-state index contributed by atoms with van der Waals surface area (Å²) >= 11 is 0. The summed E-state index contributed by atoms with van der Waals surface area (Å²) in [6.45, 7) is 3.74. The summed E-state index contributed by atoms with van der Waals surface area (Å²) in [4.78, 5) is 18.2. The van der Waals surface area contributed by atoms with Gasteiger partial charge in [0.15, 0.2) is 11.8 Å². The van der Waals surface area contributed by atoms with Crippen LogP contribution in [0.3, 0.4) is 0 Å². The monoisotopic (exact) mass is 533 g/mol. The zero-order valence-electron chi connectivity index (χ0n) is 17.9. The molecule has 0 saturated heterocycles. The highest BCUT2D eigenvalue weighted by Gasteiger charge is 2.08. The Kier molecular flexibility index (Phi) is 9.44. The average molecular weight is 533 g/mol. The number of para-hydroxylation sites is 1. The molecule has 0 aliphatic heterocycles. The number of halogens is 1. The Morgan fingerprint density at radius 3 is 2.42 bits per heavy atom. The SMILES string of the molecule is CCNC(=NCc1ccc(C(=O)N(C)C)cc1)NCc1nncn1-c1ccccc1.I. The number of benzene rings is 2. The van der Waals surface area contributed by atoms with E-state index in [0.29, 0.717) is 24.6 Å². The summed E-state index contributed by atoms with van der Waals surface area (Å²) in [6, 6.07) is 17.5. The number of aromatic nitrogens is 3. The van der Waals surface area contributed by atoms with Gasteiger partial charge < -0.3 is 15.5 Å². The van der Waals surface area contributed by atoms with Gasteiger partial charge in [0, 0.05) is 31.9 Å². The van der Waals surface area contributed by atoms with E-state index in [9.17, 15) is 4.79 Å². The Balaban J connectivity index is 0.00000341. The first kappa shape index (κ1) is 24.3. The van der Waals surface area contributed by atoms with Crippen molar-refractivity contribution < 1.29 is 4.79 Å². The molecule has 0 bridgehead atoms. The Bertz CT molecular complexity index is 985. The lowest BCUT2D eigenvalue weighted by atomic mass is 10.1. The van der Waals surface area contributed by atoms with E-state index >= 15 is 0 Å². The van der Waals surface area contributed by atoms with Crippen molar-refractivity contribution >= 4 is 35.8 Å². The number of nitrogens with zero attached hydrogens (tertiary/aromatic N) is 5. The predicted octanol–water partition coefficient (Wildman–Crippen LogP) is 2.84. The minimum absolute atomic E-state index is 0. The van der Waals surface area contributed by atoms with Crippen molar-refractivity contribution in [3.63, 3.8) is 0 Å². The van der Waals surface area contributed by atoms with E-state index in [2.05, 4.69) is 25.8 Å². The van der Waals surface area contributed by atoms with E-state index in [-0.39, 0.29) is 29.9 Å². The Morgan fingerprint density at radius 2 is 1.77 bits per heavy atom.